The molecule has 3 amide bonds. The number of nitrogens with zero attached hydrogens (tertiary/aromatic N) is 12. The quantitative estimate of drug-likeness (QED) is 0.0293. The summed E-state index contributed by atoms with van der Waals surface area (Å²) in [5.41, 5.74) is 21.6. The number of aliphatic hydroxyl groups excluding tert-OH is 1. The highest BCUT2D eigenvalue weighted by Crippen LogP contribution is 2.46. The van der Waals surface area contributed by atoms with E-state index >= 15 is 13.2 Å². The Morgan fingerprint density at radius 3 is 1.31 bits per heavy atom. The van der Waals surface area contributed by atoms with Crippen LogP contribution in [-0.2, 0) is 6.18 Å². The lowest BCUT2D eigenvalue weighted by molar-refractivity contribution is -0.141. The number of piperazine rings is 1. The number of hydrogen-bond acceptors (Lipinski definition) is 19. The summed E-state index contributed by atoms with van der Waals surface area (Å²) in [7, 11) is 0. The third kappa shape index (κ3) is 19.0. The number of hydrogen-bond donors (Lipinski definition) is 7. The third-order valence-corrected chi connectivity index (χ3v) is 22.5. The number of alkyl halides is 3. The zero-order valence-electron chi connectivity index (χ0n) is 67.5. The monoisotopic (exact) mass is 1680 g/mol. The van der Waals surface area contributed by atoms with Crippen LogP contribution < -0.4 is 47.4 Å². The first-order valence-electron chi connectivity index (χ1n) is 39.3. The Kier molecular flexibility index (Phi) is 26.2. The predicted octanol–water partition coefficient (Wildman–Crippen LogP) is 15.3. The summed E-state index contributed by atoms with van der Waals surface area (Å²) in [6, 6.07) is 5.48. The molecule has 4 aliphatic rings. The van der Waals surface area contributed by atoms with E-state index in [1.54, 1.807) is 69.1 Å². The second-order valence-corrected chi connectivity index (χ2v) is 32.9. The summed E-state index contributed by atoms with van der Waals surface area (Å²) in [6.07, 6.45) is 11.7. The van der Waals surface area contributed by atoms with Crippen molar-refractivity contribution in [2.45, 2.75) is 207 Å². The number of carbonyl (C=O) groups excluding carboxylic acids is 3. The average Bonchev–Trinajstić information content (AvgIpc) is 1.70. The highest BCUT2D eigenvalue weighted by Gasteiger charge is 2.47. The number of nitrogens with two attached hydrogens (primary N) is 3. The van der Waals surface area contributed by atoms with Crippen molar-refractivity contribution in [3.63, 3.8) is 0 Å². The van der Waals surface area contributed by atoms with Crippen LogP contribution in [0.4, 0.5) is 43.8 Å². The SMILES string of the molecule is Cc1nc(C(C)c2cc(Cl)c(F)c(C(=O)NC(C)c3ccnc(C(F)(F)F)c3)c2OC(C)C)n2ccnc(N)c12.Cc1nc(C(C)c2cc(Cl)c(F)c(C(=O)NC3(CN4CCN(CC5CC5)CC4)CC3)c2OC(C)C)n2ccnc(N)c12.Cc1nc(C(C)c2cc(Cl)c(F)c(C(=O)NC3CCC(O)CC3)c2OC(C)C)n2ccnc(N)c12. The van der Waals surface area contributed by atoms with E-state index in [0.717, 1.165) is 69.4 Å². The number of ether oxygens (including phenoxy) is 3. The summed E-state index contributed by atoms with van der Waals surface area (Å²) < 4.78 is 110. The number of carbonyl (C=O) groups is 3. The Balaban J connectivity index is 0.000000162. The number of nitrogen functional groups attached to an aromatic ring is 3. The second kappa shape index (κ2) is 35.4. The van der Waals surface area contributed by atoms with Crippen molar-refractivity contribution in [1.82, 2.24) is 73.8 Å². The van der Waals surface area contributed by atoms with Crippen LogP contribution in [0.25, 0.3) is 16.6 Å². The van der Waals surface area contributed by atoms with Crippen molar-refractivity contribution in [3.05, 3.63) is 185 Å². The van der Waals surface area contributed by atoms with Gasteiger partial charge in [-0.1, -0.05) is 55.6 Å². The molecule has 4 atom stereocenters. The fraction of sp³-hybridized carbons (Fsp3) is 0.470. The van der Waals surface area contributed by atoms with E-state index < -0.39 is 82.5 Å². The molecule has 0 spiro atoms. The molecule has 1 aliphatic heterocycles. The zero-order chi connectivity index (χ0) is 84.7. The molecule has 3 aromatic carbocycles. The van der Waals surface area contributed by atoms with Crippen molar-refractivity contribution in [2.24, 2.45) is 5.92 Å². The lowest BCUT2D eigenvalue weighted by Crippen LogP contribution is -2.53. The van der Waals surface area contributed by atoms with E-state index in [1.165, 1.54) is 50.7 Å². The number of aliphatic hydroxyl groups is 1. The van der Waals surface area contributed by atoms with E-state index in [4.69, 9.17) is 76.2 Å². The molecule has 34 heteroatoms. The summed E-state index contributed by atoms with van der Waals surface area (Å²) >= 11 is 19.1. The van der Waals surface area contributed by atoms with Crippen LogP contribution in [0.3, 0.4) is 0 Å². The van der Waals surface area contributed by atoms with Crippen molar-refractivity contribution in [3.8, 4) is 17.2 Å². The molecule has 0 radical (unpaired) electrons. The first-order valence-corrected chi connectivity index (χ1v) is 40.4. The summed E-state index contributed by atoms with van der Waals surface area (Å²) in [6.45, 7) is 29.4. The highest BCUT2D eigenvalue weighted by atomic mass is 35.5. The van der Waals surface area contributed by atoms with Gasteiger partial charge in [0.15, 0.2) is 17.5 Å². The number of benzene rings is 3. The van der Waals surface area contributed by atoms with Gasteiger partial charge in [0.2, 0.25) is 0 Å². The molecule has 10 N–H and O–H groups in total. The van der Waals surface area contributed by atoms with E-state index in [9.17, 15) is 32.7 Å². The van der Waals surface area contributed by atoms with Crippen LogP contribution >= 0.6 is 34.8 Å². The predicted molar refractivity (Wildman–Crippen MR) is 436 cm³/mol. The zero-order valence-corrected chi connectivity index (χ0v) is 69.8. The highest BCUT2D eigenvalue weighted by molar-refractivity contribution is 6.32. The minimum absolute atomic E-state index is 0.0590. The first-order chi connectivity index (χ1) is 55.3. The van der Waals surface area contributed by atoms with Gasteiger partial charge in [-0.15, -0.1) is 0 Å². The molecule has 4 fully saturated rings. The molecular weight excluding hydrogens is 1580 g/mol. The van der Waals surface area contributed by atoms with E-state index in [0.29, 0.717) is 99.4 Å². The maximum Gasteiger partial charge on any atom is 0.433 e. The van der Waals surface area contributed by atoms with Crippen LogP contribution in [0.5, 0.6) is 17.2 Å². The van der Waals surface area contributed by atoms with Crippen molar-refractivity contribution >= 4 is 86.5 Å². The number of aryl methyl sites for hydroxylation is 3. The Bertz CT molecular complexity index is 5370. The van der Waals surface area contributed by atoms with Crippen LogP contribution in [0.2, 0.25) is 15.1 Å². The number of rotatable bonds is 23. The molecule has 1 saturated heterocycles. The standard InChI is InChI=1S/C31H41ClFN7O2.C27H27ClF4N6O2.C25H31ClFN5O3/c1-18(2)42-27-22(19(3)29-36-20(4)26-28(34)35-9-10-40(26)29)15-23(32)25(33)24(27)30(41)37-31(7-8-31)17-39-13-11-38(12-14-39)16-21-5-6-21;1-12(2)40-23-17(13(3)25-36-15(5)22-24(33)35-8-9-38(22)25)11-18(28)21(29)20(23)26(39)37-14(4)16-6-7-34-19(10-16)27(30,31)32;1-12(2)35-22-17(13(3)24-30-14(4)21-23(28)29-9-10-32(21)24)11-18(26)20(27)19(22)25(34)31-15-5-7-16(33)8-6-15/h9-10,15,18-19,21H,5-8,11-14,16-17H2,1-4H3,(H2,34,35)(H,37,41);6-14H,1-5H3,(H2,33,35)(H,37,39);9-13,15-16,33H,5-8H2,1-4H3,(H2,28,29)(H,31,34). The van der Waals surface area contributed by atoms with E-state index in [2.05, 4.69) is 50.7 Å². The lowest BCUT2D eigenvalue weighted by atomic mass is 9.92. The number of amides is 3. The fourth-order valence-corrected chi connectivity index (χ4v) is 16.0. The number of aromatic nitrogens is 10. The average molecular weight is 1680 g/mol. The molecule has 4 unspecified atom stereocenters. The van der Waals surface area contributed by atoms with Gasteiger partial charge in [-0.3, -0.25) is 37.5 Å². The number of imidazole rings is 3. The molecular formula is C83H99Cl3F6N18O7. The molecule has 8 heterocycles. The van der Waals surface area contributed by atoms with Gasteiger partial charge in [0, 0.05) is 123 Å². The summed E-state index contributed by atoms with van der Waals surface area (Å²) in [5, 5.41) is 17.8. The lowest BCUT2D eigenvalue weighted by Gasteiger charge is -2.37. The maximum atomic E-state index is 15.8. The van der Waals surface area contributed by atoms with Gasteiger partial charge in [0.1, 0.15) is 91.1 Å². The minimum atomic E-state index is -4.67. The van der Waals surface area contributed by atoms with Crippen LogP contribution in [0, 0.1) is 44.1 Å². The second-order valence-electron chi connectivity index (χ2n) is 31.7. The van der Waals surface area contributed by atoms with Crippen molar-refractivity contribution < 1.29 is 60.0 Å². The number of anilines is 3. The van der Waals surface area contributed by atoms with Gasteiger partial charge >= 0.3 is 6.18 Å². The molecule has 14 rings (SSSR count). The Labute approximate surface area is 689 Å². The van der Waals surface area contributed by atoms with Crippen molar-refractivity contribution in [1.29, 1.82) is 0 Å². The molecule has 626 valence electrons. The van der Waals surface area contributed by atoms with Gasteiger partial charge in [-0.25, -0.2) is 43.1 Å². The Hall–Kier alpha value is -9.79. The van der Waals surface area contributed by atoms with E-state index in [1.807, 2.05) is 64.2 Å². The molecule has 0 bridgehead atoms. The fourth-order valence-electron chi connectivity index (χ4n) is 15.4. The molecule has 117 heavy (non-hydrogen) atoms. The molecule has 3 aliphatic carbocycles. The van der Waals surface area contributed by atoms with Crippen LogP contribution in [-0.4, -0.2) is 156 Å². The first kappa shape index (κ1) is 86.5. The summed E-state index contributed by atoms with van der Waals surface area (Å²) in [4.78, 5) is 75.6. The van der Waals surface area contributed by atoms with Gasteiger partial charge in [0.25, 0.3) is 17.7 Å². The van der Waals surface area contributed by atoms with Gasteiger partial charge in [0.05, 0.1) is 68.1 Å². The number of fused-ring (bicyclic) bond motifs is 3. The molecule has 3 saturated carbocycles. The molecule has 7 aromatic heterocycles. The Morgan fingerprint density at radius 2 is 0.932 bits per heavy atom. The molecule has 10 aromatic rings. The van der Waals surface area contributed by atoms with Crippen LogP contribution in [0.1, 0.15) is 238 Å². The third-order valence-electron chi connectivity index (χ3n) is 21.6. The topological polar surface area (TPSA) is 323 Å². The smallest absolute Gasteiger partial charge is 0.433 e. The van der Waals surface area contributed by atoms with E-state index in [-0.39, 0.29) is 84.7 Å². The van der Waals surface area contributed by atoms with Crippen molar-refractivity contribution in [2.75, 3.05) is 56.5 Å². The number of pyridine rings is 1. The largest absolute Gasteiger partial charge is 0.490 e. The minimum Gasteiger partial charge on any atom is -0.490 e. The number of nitrogens with one attached hydrogen (secondary N) is 3. The van der Waals surface area contributed by atoms with Crippen LogP contribution in [0.15, 0.2) is 73.7 Å². The molecule has 25 nitrogen and oxygen atoms in total. The normalized spacial score (nSPS) is 17.5. The van der Waals surface area contributed by atoms with Gasteiger partial charge in [-0.05, 0) is 162 Å². The summed E-state index contributed by atoms with van der Waals surface area (Å²) in [5.74, 6) is -2.03. The van der Waals surface area contributed by atoms with Gasteiger partial charge in [-0.2, -0.15) is 13.2 Å². The number of halogens is 9. The van der Waals surface area contributed by atoms with Gasteiger partial charge < -0.3 is 57.4 Å². The maximum absolute atomic E-state index is 15.8. The Morgan fingerprint density at radius 1 is 0.547 bits per heavy atom.